The van der Waals surface area contributed by atoms with E-state index in [-0.39, 0.29) is 0 Å². The number of nitrogens with zero attached hydrogens (tertiary/aromatic N) is 4. The Morgan fingerprint density at radius 2 is 1.95 bits per heavy atom. The molecular weight excluding hydrogens is 274 g/mol. The lowest BCUT2D eigenvalue weighted by atomic mass is 10.2. The molecule has 3 rings (SSSR count). The summed E-state index contributed by atoms with van der Waals surface area (Å²) >= 11 is 0. The summed E-state index contributed by atoms with van der Waals surface area (Å²) in [6.07, 6.45) is 7.44. The maximum absolute atomic E-state index is 4.30. The van der Waals surface area contributed by atoms with Crippen LogP contribution >= 0.6 is 0 Å². The molecule has 0 amide bonds. The van der Waals surface area contributed by atoms with Crippen LogP contribution in [-0.2, 0) is 6.54 Å². The molecule has 0 fully saturated rings. The molecule has 5 heteroatoms. The third-order valence-corrected chi connectivity index (χ3v) is 3.48. The number of rotatable bonds is 5. The van der Waals surface area contributed by atoms with Gasteiger partial charge in [-0.05, 0) is 24.3 Å². The lowest BCUT2D eigenvalue weighted by molar-refractivity contribution is 0.879. The van der Waals surface area contributed by atoms with Gasteiger partial charge < -0.3 is 10.2 Å². The highest BCUT2D eigenvalue weighted by Crippen LogP contribution is 2.22. The third kappa shape index (κ3) is 2.93. The molecule has 2 aromatic heterocycles. The molecule has 0 aliphatic rings. The van der Waals surface area contributed by atoms with Crippen LogP contribution in [-0.4, -0.2) is 28.9 Å². The lowest BCUT2D eigenvalue weighted by Crippen LogP contribution is -2.13. The van der Waals surface area contributed by atoms with Crippen LogP contribution < -0.4 is 10.2 Å². The number of pyridine rings is 1. The van der Waals surface area contributed by atoms with Gasteiger partial charge in [0.1, 0.15) is 0 Å². The minimum Gasteiger partial charge on any atom is -0.379 e. The topological polar surface area (TPSA) is 46.0 Å². The maximum Gasteiger partial charge on any atom is 0.0876 e. The van der Waals surface area contributed by atoms with Gasteiger partial charge in [0, 0.05) is 56.7 Å². The number of hydrogen-bond donors (Lipinski definition) is 1. The molecule has 0 unspecified atom stereocenters. The van der Waals surface area contributed by atoms with Crippen molar-refractivity contribution in [3.63, 3.8) is 0 Å². The van der Waals surface area contributed by atoms with Crippen molar-refractivity contribution in [2.75, 3.05) is 24.3 Å². The van der Waals surface area contributed by atoms with Gasteiger partial charge in [-0.1, -0.05) is 12.1 Å². The first kappa shape index (κ1) is 14.1. The van der Waals surface area contributed by atoms with Crippen LogP contribution in [0.4, 0.5) is 11.4 Å². The van der Waals surface area contributed by atoms with Gasteiger partial charge in [-0.3, -0.25) is 4.98 Å². The van der Waals surface area contributed by atoms with E-state index in [1.807, 2.05) is 67.7 Å². The summed E-state index contributed by atoms with van der Waals surface area (Å²) in [6, 6.07) is 12.1. The number of nitrogens with one attached hydrogen (secondary N) is 1. The predicted octanol–water partition coefficient (Wildman–Crippen LogP) is 2.95. The smallest absolute Gasteiger partial charge is 0.0876 e. The van der Waals surface area contributed by atoms with E-state index in [4.69, 9.17) is 0 Å². The van der Waals surface area contributed by atoms with E-state index in [2.05, 4.69) is 26.4 Å². The average Bonchev–Trinajstić information content (AvgIpc) is 3.07. The first-order chi connectivity index (χ1) is 10.8. The Hall–Kier alpha value is -2.82. The Morgan fingerprint density at radius 3 is 2.73 bits per heavy atom. The van der Waals surface area contributed by atoms with Crippen LogP contribution in [0, 0.1) is 0 Å². The van der Waals surface area contributed by atoms with Crippen molar-refractivity contribution in [2.24, 2.45) is 0 Å². The zero-order valence-electron chi connectivity index (χ0n) is 12.8. The number of para-hydroxylation sites is 2. The standard InChI is InChI=1S/C17H19N5/c1-21(2)16-8-10-18-12-14(16)13-19-15-6-3-4-7-17(15)22-11-5-9-20-22/h3-12,19H,13H2,1-2H3. The van der Waals surface area contributed by atoms with Crippen molar-refractivity contribution < 1.29 is 0 Å². The molecule has 1 N–H and O–H groups in total. The Labute approximate surface area is 130 Å². The van der Waals surface area contributed by atoms with Gasteiger partial charge in [-0.15, -0.1) is 0 Å². The summed E-state index contributed by atoms with van der Waals surface area (Å²) < 4.78 is 1.86. The van der Waals surface area contributed by atoms with Gasteiger partial charge in [0.25, 0.3) is 0 Å². The molecule has 22 heavy (non-hydrogen) atoms. The summed E-state index contributed by atoms with van der Waals surface area (Å²) in [5.41, 5.74) is 4.39. The van der Waals surface area contributed by atoms with E-state index in [1.54, 1.807) is 6.20 Å². The second-order valence-electron chi connectivity index (χ2n) is 5.22. The monoisotopic (exact) mass is 293 g/mol. The predicted molar refractivity (Wildman–Crippen MR) is 89.5 cm³/mol. The third-order valence-electron chi connectivity index (χ3n) is 3.48. The first-order valence-electron chi connectivity index (χ1n) is 7.19. The van der Waals surface area contributed by atoms with Gasteiger partial charge in [-0.2, -0.15) is 5.10 Å². The van der Waals surface area contributed by atoms with Gasteiger partial charge in [0.05, 0.1) is 11.4 Å². The molecule has 0 radical (unpaired) electrons. The molecule has 3 aromatic rings. The fourth-order valence-corrected chi connectivity index (χ4v) is 2.42. The van der Waals surface area contributed by atoms with Crippen LogP contribution in [0.3, 0.4) is 0 Å². The van der Waals surface area contributed by atoms with Crippen LogP contribution in [0.5, 0.6) is 0 Å². The summed E-state index contributed by atoms with van der Waals surface area (Å²) in [7, 11) is 4.08. The van der Waals surface area contributed by atoms with E-state index in [0.29, 0.717) is 6.54 Å². The molecule has 0 saturated carbocycles. The SMILES string of the molecule is CN(C)c1ccncc1CNc1ccccc1-n1cccn1. The molecule has 1 aromatic carbocycles. The molecule has 0 aliphatic heterocycles. The number of benzene rings is 1. The van der Waals surface area contributed by atoms with Gasteiger partial charge >= 0.3 is 0 Å². The Kier molecular flexibility index (Phi) is 4.05. The van der Waals surface area contributed by atoms with Crippen LogP contribution in [0.25, 0.3) is 5.69 Å². The van der Waals surface area contributed by atoms with E-state index in [1.165, 1.54) is 5.69 Å². The molecule has 0 saturated heterocycles. The molecule has 2 heterocycles. The minimum atomic E-state index is 0.708. The highest BCUT2D eigenvalue weighted by atomic mass is 15.3. The van der Waals surface area contributed by atoms with E-state index < -0.39 is 0 Å². The Balaban J connectivity index is 1.84. The zero-order valence-corrected chi connectivity index (χ0v) is 12.8. The van der Waals surface area contributed by atoms with E-state index >= 15 is 0 Å². The number of anilines is 2. The summed E-state index contributed by atoms with van der Waals surface area (Å²) in [6.45, 7) is 0.708. The second kappa shape index (κ2) is 6.30. The van der Waals surface area contributed by atoms with Crippen molar-refractivity contribution in [3.8, 4) is 5.69 Å². The molecule has 0 aliphatic carbocycles. The van der Waals surface area contributed by atoms with Crippen molar-refractivity contribution in [3.05, 3.63) is 66.7 Å². The fraction of sp³-hybridized carbons (Fsp3) is 0.176. The normalized spacial score (nSPS) is 10.5. The largest absolute Gasteiger partial charge is 0.379 e. The highest BCUT2D eigenvalue weighted by molar-refractivity contribution is 5.61. The quantitative estimate of drug-likeness (QED) is 0.785. The van der Waals surface area contributed by atoms with Crippen LogP contribution in [0.1, 0.15) is 5.56 Å². The molecule has 0 spiro atoms. The summed E-state index contributed by atoms with van der Waals surface area (Å²) in [5.74, 6) is 0. The summed E-state index contributed by atoms with van der Waals surface area (Å²) in [5, 5.41) is 7.79. The van der Waals surface area contributed by atoms with Crippen molar-refractivity contribution in [2.45, 2.75) is 6.54 Å². The zero-order chi connectivity index (χ0) is 15.4. The lowest BCUT2D eigenvalue weighted by Gasteiger charge is -2.18. The van der Waals surface area contributed by atoms with Gasteiger partial charge in [-0.25, -0.2) is 4.68 Å². The van der Waals surface area contributed by atoms with Crippen molar-refractivity contribution >= 4 is 11.4 Å². The molecule has 112 valence electrons. The highest BCUT2D eigenvalue weighted by Gasteiger charge is 2.07. The van der Waals surface area contributed by atoms with Gasteiger partial charge in [0.2, 0.25) is 0 Å². The minimum absolute atomic E-state index is 0.708. The second-order valence-corrected chi connectivity index (χ2v) is 5.22. The fourth-order valence-electron chi connectivity index (χ4n) is 2.42. The number of aromatic nitrogens is 3. The average molecular weight is 293 g/mol. The molecule has 5 nitrogen and oxygen atoms in total. The maximum atomic E-state index is 4.30. The molecule has 0 atom stereocenters. The van der Waals surface area contributed by atoms with Crippen molar-refractivity contribution in [1.82, 2.24) is 14.8 Å². The van der Waals surface area contributed by atoms with E-state index in [0.717, 1.165) is 16.9 Å². The van der Waals surface area contributed by atoms with Crippen molar-refractivity contribution in [1.29, 1.82) is 0 Å². The van der Waals surface area contributed by atoms with Crippen LogP contribution in [0.2, 0.25) is 0 Å². The first-order valence-corrected chi connectivity index (χ1v) is 7.19. The number of hydrogen-bond acceptors (Lipinski definition) is 4. The Bertz CT molecular complexity index is 734. The molecule has 0 bridgehead atoms. The summed E-state index contributed by atoms with van der Waals surface area (Å²) in [4.78, 5) is 6.32. The van der Waals surface area contributed by atoms with Gasteiger partial charge in [0.15, 0.2) is 0 Å². The molecular formula is C17H19N5. The van der Waals surface area contributed by atoms with Crippen LogP contribution in [0.15, 0.2) is 61.2 Å². The van der Waals surface area contributed by atoms with E-state index in [9.17, 15) is 0 Å². The Morgan fingerprint density at radius 1 is 1.09 bits per heavy atom.